The Kier molecular flexibility index (Phi) is 19.3. The van der Waals surface area contributed by atoms with Crippen molar-refractivity contribution in [2.45, 2.75) is 69.5 Å². The molecule has 0 aliphatic heterocycles. The minimum Gasteiger partial charge on any atom is -0.493 e. The Labute approximate surface area is 330 Å². The third kappa shape index (κ3) is 16.1. The predicted octanol–water partition coefficient (Wildman–Crippen LogP) is 8.62. The van der Waals surface area contributed by atoms with Crippen LogP contribution in [0.15, 0.2) is 48.6 Å². The molecule has 2 atom stereocenters. The van der Waals surface area contributed by atoms with Crippen LogP contribution in [-0.4, -0.2) is 59.0 Å². The Morgan fingerprint density at radius 3 is 1.25 bits per heavy atom. The number of ether oxygens (including phenoxy) is 4. The average molecular weight is 815 g/mol. The summed E-state index contributed by atoms with van der Waals surface area (Å²) in [6.07, 6.45) is 5.52. The molecule has 10 nitrogen and oxygen atoms in total. The molecule has 0 radical (unpaired) electrons. The number of Topliss-reactive ketones (excluding diaryl/α,β-unsaturated/α-hetero) is 2. The second-order valence-electron chi connectivity index (χ2n) is 13.0. The fourth-order valence-electron chi connectivity index (χ4n) is 5.12. The lowest BCUT2D eigenvalue weighted by Gasteiger charge is -2.18. The SMILES string of the molecule is COc1cc(/C=C/C(=O)CC(=O)/C=C/c2ccc(OC(=O)[C@@H](CC(=O)C(Cl)Cl)CC(C)C)c(OC)c2)ccc1OC(=O)[C@@H](CC(=O)C(Cl)Cl)CC(C)C. The number of ketones is 4. The highest BCUT2D eigenvalue weighted by atomic mass is 35.5. The van der Waals surface area contributed by atoms with Gasteiger partial charge in [-0.25, -0.2) is 0 Å². The number of halogens is 4. The molecular weight excluding hydrogens is 770 g/mol. The number of rotatable bonds is 22. The number of carbonyl (C=O) groups is 6. The van der Waals surface area contributed by atoms with E-state index in [1.165, 1.54) is 50.7 Å². The smallest absolute Gasteiger partial charge is 0.314 e. The molecule has 2 aromatic carbocycles. The summed E-state index contributed by atoms with van der Waals surface area (Å²) < 4.78 is 21.9. The van der Waals surface area contributed by atoms with Gasteiger partial charge in [-0.15, -0.1) is 0 Å². The third-order valence-electron chi connectivity index (χ3n) is 7.63. The molecule has 0 fully saturated rings. The normalized spacial score (nSPS) is 12.8. The number of benzene rings is 2. The van der Waals surface area contributed by atoms with Crippen molar-refractivity contribution in [3.8, 4) is 23.0 Å². The van der Waals surface area contributed by atoms with E-state index in [1.54, 1.807) is 24.3 Å². The van der Waals surface area contributed by atoms with Gasteiger partial charge >= 0.3 is 11.9 Å². The molecule has 0 unspecified atom stereocenters. The van der Waals surface area contributed by atoms with Crippen molar-refractivity contribution in [1.29, 1.82) is 0 Å². The number of allylic oxidation sites excluding steroid dienone is 2. The molecule has 0 saturated carbocycles. The highest BCUT2D eigenvalue weighted by Gasteiger charge is 2.29. The van der Waals surface area contributed by atoms with Gasteiger partial charge in [0.1, 0.15) is 0 Å². The highest BCUT2D eigenvalue weighted by Crippen LogP contribution is 2.32. The molecule has 2 rings (SSSR count). The highest BCUT2D eigenvalue weighted by molar-refractivity contribution is 6.54. The maximum Gasteiger partial charge on any atom is 0.314 e. The van der Waals surface area contributed by atoms with E-state index < -0.39 is 63.0 Å². The summed E-state index contributed by atoms with van der Waals surface area (Å²) in [6, 6.07) is 9.30. The second kappa shape index (κ2) is 22.5. The molecule has 14 heteroatoms. The first-order valence-electron chi connectivity index (χ1n) is 16.8. The van der Waals surface area contributed by atoms with Gasteiger partial charge in [-0.05, 0) is 72.2 Å². The van der Waals surface area contributed by atoms with E-state index in [2.05, 4.69) is 0 Å². The third-order valence-corrected chi connectivity index (χ3v) is 8.60. The van der Waals surface area contributed by atoms with E-state index in [1.807, 2.05) is 27.7 Å². The first kappa shape index (κ1) is 45.5. The van der Waals surface area contributed by atoms with E-state index in [9.17, 15) is 28.8 Å². The first-order valence-corrected chi connectivity index (χ1v) is 18.5. The fourth-order valence-corrected chi connectivity index (χ4v) is 5.48. The summed E-state index contributed by atoms with van der Waals surface area (Å²) in [7, 11) is 2.78. The van der Waals surface area contributed by atoms with Crippen LogP contribution in [0.2, 0.25) is 0 Å². The van der Waals surface area contributed by atoms with Gasteiger partial charge in [-0.2, -0.15) is 0 Å². The molecular formula is C39H44Cl4O10. The molecule has 0 heterocycles. The van der Waals surface area contributed by atoms with Crippen LogP contribution < -0.4 is 18.9 Å². The van der Waals surface area contributed by atoms with Crippen LogP contribution in [0.4, 0.5) is 0 Å². The Morgan fingerprint density at radius 2 is 0.943 bits per heavy atom. The summed E-state index contributed by atoms with van der Waals surface area (Å²) >= 11 is 22.7. The van der Waals surface area contributed by atoms with Gasteiger partial charge in [0.25, 0.3) is 0 Å². The minimum atomic E-state index is -1.24. The van der Waals surface area contributed by atoms with Crippen LogP contribution in [0.1, 0.15) is 70.9 Å². The molecule has 0 aromatic heterocycles. The second-order valence-corrected chi connectivity index (χ2v) is 15.2. The van der Waals surface area contributed by atoms with Crippen LogP contribution in [0.25, 0.3) is 12.2 Å². The standard InChI is InChI=1S/C39H44Cl4O10/c1-22(2)15-26(19-30(46)36(40)41)38(48)52-32-13-9-24(17-34(32)50-5)7-11-28(44)21-29(45)12-8-25-10-14-33(35(18-25)51-6)53-39(49)27(16-23(3)4)20-31(47)37(42)43/h7-14,17-18,22-23,26-27,36-37H,15-16,19-21H2,1-6H3/b11-7+,12-8+/t26-,27-/m1/s1. The average Bonchev–Trinajstić information content (AvgIpc) is 3.09. The lowest BCUT2D eigenvalue weighted by Crippen LogP contribution is -2.26. The molecule has 0 bridgehead atoms. The zero-order valence-corrected chi connectivity index (χ0v) is 33.4. The topological polar surface area (TPSA) is 139 Å². The summed E-state index contributed by atoms with van der Waals surface area (Å²) in [5.41, 5.74) is 1.08. The van der Waals surface area contributed by atoms with Gasteiger partial charge in [0.15, 0.2) is 55.8 Å². The molecule has 0 saturated heterocycles. The van der Waals surface area contributed by atoms with Crippen molar-refractivity contribution in [2.24, 2.45) is 23.7 Å². The maximum absolute atomic E-state index is 13.0. The number of esters is 2. The summed E-state index contributed by atoms with van der Waals surface area (Å²) in [5, 5.41) is 0. The van der Waals surface area contributed by atoms with Gasteiger partial charge < -0.3 is 18.9 Å². The Morgan fingerprint density at radius 1 is 0.585 bits per heavy atom. The van der Waals surface area contributed by atoms with E-state index >= 15 is 0 Å². The molecule has 53 heavy (non-hydrogen) atoms. The number of carbonyl (C=O) groups excluding carboxylic acids is 6. The van der Waals surface area contributed by atoms with E-state index in [0.717, 1.165) is 0 Å². The van der Waals surface area contributed by atoms with Crippen LogP contribution in [-0.2, 0) is 28.8 Å². The quantitative estimate of drug-likeness (QED) is 0.0373. The van der Waals surface area contributed by atoms with Crippen molar-refractivity contribution < 1.29 is 47.7 Å². The van der Waals surface area contributed by atoms with Gasteiger partial charge in [0.2, 0.25) is 0 Å². The lowest BCUT2D eigenvalue weighted by atomic mass is 9.93. The zero-order valence-electron chi connectivity index (χ0n) is 30.4. The minimum absolute atomic E-state index is 0.100. The fraction of sp³-hybridized carbons (Fsp3) is 0.436. The number of alkyl halides is 4. The molecule has 288 valence electrons. The van der Waals surface area contributed by atoms with E-state index in [4.69, 9.17) is 65.4 Å². The Bertz CT molecular complexity index is 1560. The van der Waals surface area contributed by atoms with Crippen LogP contribution in [0, 0.1) is 23.7 Å². The molecule has 0 spiro atoms. The van der Waals surface area contributed by atoms with Crippen LogP contribution in [0.5, 0.6) is 23.0 Å². The van der Waals surface area contributed by atoms with Crippen LogP contribution >= 0.6 is 46.4 Å². The maximum atomic E-state index is 13.0. The molecule has 0 amide bonds. The van der Waals surface area contributed by atoms with Crippen molar-refractivity contribution in [3.05, 3.63) is 59.7 Å². The van der Waals surface area contributed by atoms with Crippen molar-refractivity contribution >= 4 is 93.6 Å². The summed E-state index contributed by atoms with van der Waals surface area (Å²) in [4.78, 5) is 72.8. The van der Waals surface area contributed by atoms with Crippen molar-refractivity contribution in [2.75, 3.05) is 14.2 Å². The summed E-state index contributed by atoms with van der Waals surface area (Å²) in [5.74, 6) is -3.77. The van der Waals surface area contributed by atoms with Crippen molar-refractivity contribution in [1.82, 2.24) is 0 Å². The van der Waals surface area contributed by atoms with E-state index in [0.29, 0.717) is 24.0 Å². The van der Waals surface area contributed by atoms with Gasteiger partial charge in [-0.1, -0.05) is 98.4 Å². The Hall–Kier alpha value is -3.70. The van der Waals surface area contributed by atoms with Crippen molar-refractivity contribution in [3.63, 3.8) is 0 Å². The zero-order chi connectivity index (χ0) is 39.8. The van der Waals surface area contributed by atoms with Crippen LogP contribution in [0.3, 0.4) is 0 Å². The predicted molar refractivity (Wildman–Crippen MR) is 206 cm³/mol. The lowest BCUT2D eigenvalue weighted by molar-refractivity contribution is -0.142. The number of hydrogen-bond acceptors (Lipinski definition) is 10. The Balaban J connectivity index is 2.06. The summed E-state index contributed by atoms with van der Waals surface area (Å²) in [6.45, 7) is 7.64. The largest absolute Gasteiger partial charge is 0.493 e. The van der Waals surface area contributed by atoms with Gasteiger partial charge in [-0.3, -0.25) is 28.8 Å². The molecule has 0 aliphatic carbocycles. The molecule has 2 aromatic rings. The van der Waals surface area contributed by atoms with E-state index in [-0.39, 0.29) is 47.7 Å². The van der Waals surface area contributed by atoms with Gasteiger partial charge in [0, 0.05) is 12.8 Å². The molecule has 0 aliphatic rings. The number of hydrogen-bond donors (Lipinski definition) is 0. The first-order chi connectivity index (χ1) is 24.9. The monoisotopic (exact) mass is 812 g/mol. The van der Waals surface area contributed by atoms with Gasteiger partial charge in [0.05, 0.1) is 32.5 Å². The molecule has 0 N–H and O–H groups in total. The number of methoxy groups -OCH3 is 2.